The lowest BCUT2D eigenvalue weighted by atomic mass is 9.99. The van der Waals surface area contributed by atoms with Gasteiger partial charge in [0.05, 0.1) is 0 Å². The third-order valence-electron chi connectivity index (χ3n) is 3.69. The van der Waals surface area contributed by atoms with E-state index in [2.05, 4.69) is 20.8 Å². The summed E-state index contributed by atoms with van der Waals surface area (Å²) in [6.07, 6.45) is 9.12. The predicted molar refractivity (Wildman–Crippen MR) is 69.5 cm³/mol. The van der Waals surface area contributed by atoms with E-state index in [-0.39, 0.29) is 0 Å². The minimum absolute atomic E-state index is 0.318. The molecular formula is C15H26O. The average Bonchev–Trinajstić information content (AvgIpc) is 2.60. The van der Waals surface area contributed by atoms with Crippen LogP contribution in [0.5, 0.6) is 0 Å². The Morgan fingerprint density at radius 2 is 1.69 bits per heavy atom. The molecule has 0 aromatic rings. The zero-order chi connectivity index (χ0) is 12.0. The average molecular weight is 222 g/mol. The van der Waals surface area contributed by atoms with Gasteiger partial charge in [-0.2, -0.15) is 0 Å². The van der Waals surface area contributed by atoms with Gasteiger partial charge in [0.2, 0.25) is 0 Å². The molecule has 0 aromatic heterocycles. The quantitative estimate of drug-likeness (QED) is 0.612. The van der Waals surface area contributed by atoms with E-state index in [1.807, 2.05) is 0 Å². The van der Waals surface area contributed by atoms with Crippen LogP contribution >= 0.6 is 0 Å². The molecule has 1 rings (SSSR count). The lowest BCUT2D eigenvalue weighted by Crippen LogP contribution is -2.08. The molecular weight excluding hydrogens is 196 g/mol. The first-order valence-corrected chi connectivity index (χ1v) is 6.99. The topological polar surface area (TPSA) is 17.1 Å². The molecule has 92 valence electrons. The van der Waals surface area contributed by atoms with Crippen LogP contribution in [0.3, 0.4) is 0 Å². The minimum Gasteiger partial charge on any atom is -0.294 e. The van der Waals surface area contributed by atoms with E-state index < -0.39 is 0 Å². The van der Waals surface area contributed by atoms with E-state index in [0.29, 0.717) is 11.7 Å². The number of allylic oxidation sites excluding steroid dienone is 2. The largest absolute Gasteiger partial charge is 0.294 e. The van der Waals surface area contributed by atoms with Crippen LogP contribution < -0.4 is 0 Å². The molecule has 16 heavy (non-hydrogen) atoms. The van der Waals surface area contributed by atoms with Gasteiger partial charge in [-0.15, -0.1) is 0 Å². The van der Waals surface area contributed by atoms with Crippen LogP contribution in [0.15, 0.2) is 11.1 Å². The van der Waals surface area contributed by atoms with Crippen LogP contribution in [0.4, 0.5) is 0 Å². The number of unbranched alkanes of at least 4 members (excludes halogenated alkanes) is 2. The van der Waals surface area contributed by atoms with Crippen LogP contribution in [0, 0.1) is 5.92 Å². The molecule has 0 amide bonds. The Morgan fingerprint density at radius 3 is 2.25 bits per heavy atom. The molecule has 1 heteroatoms. The van der Waals surface area contributed by atoms with Crippen molar-refractivity contribution in [1.29, 1.82) is 0 Å². The number of hydrogen-bond acceptors (Lipinski definition) is 1. The molecule has 0 bridgehead atoms. The van der Waals surface area contributed by atoms with Crippen molar-refractivity contribution in [2.75, 3.05) is 0 Å². The van der Waals surface area contributed by atoms with E-state index in [1.165, 1.54) is 36.8 Å². The molecule has 0 saturated carbocycles. The Morgan fingerprint density at radius 1 is 1.06 bits per heavy atom. The van der Waals surface area contributed by atoms with Crippen molar-refractivity contribution in [3.63, 3.8) is 0 Å². The molecule has 0 spiro atoms. The van der Waals surface area contributed by atoms with Gasteiger partial charge in [0.1, 0.15) is 0 Å². The van der Waals surface area contributed by atoms with Gasteiger partial charge in [-0.25, -0.2) is 0 Å². The van der Waals surface area contributed by atoms with Crippen LogP contribution in [0.25, 0.3) is 0 Å². The highest BCUT2D eigenvalue weighted by Crippen LogP contribution is 2.35. The molecule has 1 atom stereocenters. The summed E-state index contributed by atoms with van der Waals surface area (Å²) < 4.78 is 0. The first kappa shape index (κ1) is 13.5. The van der Waals surface area contributed by atoms with Crippen LogP contribution in [0.1, 0.15) is 72.1 Å². The fourth-order valence-electron chi connectivity index (χ4n) is 2.56. The summed E-state index contributed by atoms with van der Waals surface area (Å²) in [6, 6.07) is 0. The van der Waals surface area contributed by atoms with Crippen molar-refractivity contribution in [3.05, 3.63) is 11.1 Å². The van der Waals surface area contributed by atoms with E-state index in [1.54, 1.807) is 0 Å². The number of carbonyl (C=O) groups is 1. The molecule has 0 aromatic carbocycles. The molecule has 0 N–H and O–H groups in total. The SMILES string of the molecule is CCCCC1=C(CCCC)C(=O)C(CC)C1. The van der Waals surface area contributed by atoms with Crippen molar-refractivity contribution in [2.45, 2.75) is 72.1 Å². The maximum atomic E-state index is 12.2. The molecule has 0 heterocycles. The first-order valence-electron chi connectivity index (χ1n) is 6.99. The maximum absolute atomic E-state index is 12.2. The van der Waals surface area contributed by atoms with E-state index >= 15 is 0 Å². The Labute approximate surface area is 100 Å². The highest BCUT2D eigenvalue weighted by atomic mass is 16.1. The van der Waals surface area contributed by atoms with Gasteiger partial charge >= 0.3 is 0 Å². The zero-order valence-electron chi connectivity index (χ0n) is 11.1. The van der Waals surface area contributed by atoms with Crippen molar-refractivity contribution < 1.29 is 4.79 Å². The lowest BCUT2D eigenvalue weighted by molar-refractivity contribution is -0.118. The van der Waals surface area contributed by atoms with Gasteiger partial charge < -0.3 is 0 Å². The predicted octanol–water partition coefficient (Wildman–Crippen LogP) is 4.66. The molecule has 0 fully saturated rings. The number of hydrogen-bond donors (Lipinski definition) is 0. The standard InChI is InChI=1S/C15H26O/c1-4-7-9-13-11-12(6-3)15(16)14(13)10-8-5-2/h12H,4-11H2,1-3H3. The smallest absolute Gasteiger partial charge is 0.162 e. The van der Waals surface area contributed by atoms with Gasteiger partial charge in [0.15, 0.2) is 5.78 Å². The van der Waals surface area contributed by atoms with Crippen molar-refractivity contribution in [3.8, 4) is 0 Å². The Bertz CT molecular complexity index is 263. The maximum Gasteiger partial charge on any atom is 0.162 e. The summed E-state index contributed by atoms with van der Waals surface area (Å²) in [7, 11) is 0. The molecule has 1 unspecified atom stereocenters. The Balaban J connectivity index is 2.68. The highest BCUT2D eigenvalue weighted by molar-refractivity contribution is 6.00. The molecule has 0 aliphatic heterocycles. The van der Waals surface area contributed by atoms with E-state index in [4.69, 9.17) is 0 Å². The summed E-state index contributed by atoms with van der Waals surface area (Å²) in [4.78, 5) is 12.2. The summed E-state index contributed by atoms with van der Waals surface area (Å²) in [5, 5.41) is 0. The number of Topliss-reactive ketones (excluding diaryl/α,β-unsaturated/α-hetero) is 1. The first-order chi connectivity index (χ1) is 7.74. The van der Waals surface area contributed by atoms with E-state index in [9.17, 15) is 4.79 Å². The normalized spacial score (nSPS) is 20.9. The minimum atomic E-state index is 0.318. The Hall–Kier alpha value is -0.590. The van der Waals surface area contributed by atoms with Gasteiger partial charge in [0.25, 0.3) is 0 Å². The Kier molecular flexibility index (Phi) is 5.79. The summed E-state index contributed by atoms with van der Waals surface area (Å²) in [6.45, 7) is 6.56. The number of carbonyl (C=O) groups excluding carboxylic acids is 1. The second kappa shape index (κ2) is 6.88. The summed E-state index contributed by atoms with van der Waals surface area (Å²) in [5.74, 6) is 0.792. The van der Waals surface area contributed by atoms with E-state index in [0.717, 1.165) is 25.7 Å². The number of ketones is 1. The lowest BCUT2D eigenvalue weighted by Gasteiger charge is -2.04. The third kappa shape index (κ3) is 3.20. The van der Waals surface area contributed by atoms with Crippen molar-refractivity contribution in [2.24, 2.45) is 5.92 Å². The fraction of sp³-hybridized carbons (Fsp3) is 0.800. The van der Waals surface area contributed by atoms with Crippen LogP contribution in [0.2, 0.25) is 0 Å². The van der Waals surface area contributed by atoms with Gasteiger partial charge in [-0.3, -0.25) is 4.79 Å². The second-order valence-electron chi connectivity index (χ2n) is 4.96. The molecule has 0 saturated heterocycles. The fourth-order valence-corrected chi connectivity index (χ4v) is 2.56. The van der Waals surface area contributed by atoms with Gasteiger partial charge in [-0.05, 0) is 44.1 Å². The molecule has 1 aliphatic carbocycles. The summed E-state index contributed by atoms with van der Waals surface area (Å²) in [5.41, 5.74) is 2.70. The van der Waals surface area contributed by atoms with Gasteiger partial charge in [0, 0.05) is 5.92 Å². The molecule has 0 radical (unpaired) electrons. The highest BCUT2D eigenvalue weighted by Gasteiger charge is 2.30. The van der Waals surface area contributed by atoms with Gasteiger partial charge in [-0.1, -0.05) is 39.2 Å². The van der Waals surface area contributed by atoms with Crippen LogP contribution in [-0.4, -0.2) is 5.78 Å². The monoisotopic (exact) mass is 222 g/mol. The molecule has 1 nitrogen and oxygen atoms in total. The van der Waals surface area contributed by atoms with Crippen molar-refractivity contribution in [1.82, 2.24) is 0 Å². The van der Waals surface area contributed by atoms with Crippen LogP contribution in [-0.2, 0) is 4.79 Å². The molecule has 1 aliphatic rings. The zero-order valence-corrected chi connectivity index (χ0v) is 11.1. The summed E-state index contributed by atoms with van der Waals surface area (Å²) >= 11 is 0. The number of rotatable bonds is 7. The van der Waals surface area contributed by atoms with Crippen molar-refractivity contribution >= 4 is 5.78 Å². The second-order valence-corrected chi connectivity index (χ2v) is 4.96. The third-order valence-corrected chi connectivity index (χ3v) is 3.69.